The van der Waals surface area contributed by atoms with Gasteiger partial charge < -0.3 is 10.1 Å². The Morgan fingerprint density at radius 2 is 2.20 bits per heavy atom. The van der Waals surface area contributed by atoms with Crippen molar-refractivity contribution in [2.45, 2.75) is 39.7 Å². The van der Waals surface area contributed by atoms with E-state index in [0.29, 0.717) is 19.1 Å². The third kappa shape index (κ3) is 5.57. The number of Topliss-reactive ketones (excluding diaryl/α,β-unsaturated/α-hetero) is 1. The second-order valence-corrected chi connectivity index (χ2v) is 5.18. The van der Waals surface area contributed by atoms with Gasteiger partial charge in [0.25, 0.3) is 0 Å². The Balaban J connectivity index is 2.59. The van der Waals surface area contributed by atoms with Gasteiger partial charge in [-0.05, 0) is 50.1 Å². The summed E-state index contributed by atoms with van der Waals surface area (Å²) < 4.78 is 5.81. The van der Waals surface area contributed by atoms with Gasteiger partial charge in [-0.25, -0.2) is 0 Å². The van der Waals surface area contributed by atoms with Crippen LogP contribution in [0.5, 0.6) is 5.75 Å². The van der Waals surface area contributed by atoms with Crippen molar-refractivity contribution in [3.05, 3.63) is 42.0 Å². The molecule has 20 heavy (non-hydrogen) atoms. The van der Waals surface area contributed by atoms with Crippen molar-refractivity contribution in [1.82, 2.24) is 5.32 Å². The lowest BCUT2D eigenvalue weighted by molar-refractivity contribution is 0.101. The molecule has 3 nitrogen and oxygen atoms in total. The maximum absolute atomic E-state index is 11.4. The third-order valence-electron chi connectivity index (χ3n) is 2.96. The van der Waals surface area contributed by atoms with E-state index in [1.807, 2.05) is 24.3 Å². The fraction of sp³-hybridized carbons (Fsp3) is 0.471. The van der Waals surface area contributed by atoms with Crippen LogP contribution in [-0.2, 0) is 6.42 Å². The summed E-state index contributed by atoms with van der Waals surface area (Å²) >= 11 is 0. The Labute approximate surface area is 122 Å². The lowest BCUT2D eigenvalue weighted by atomic mass is 10.0. The number of benzene rings is 1. The summed E-state index contributed by atoms with van der Waals surface area (Å²) in [6.45, 7) is 11.2. The van der Waals surface area contributed by atoms with E-state index in [1.165, 1.54) is 0 Å². The summed E-state index contributed by atoms with van der Waals surface area (Å²) in [5, 5.41) is 3.35. The van der Waals surface area contributed by atoms with Crippen LogP contribution in [0.25, 0.3) is 0 Å². The van der Waals surface area contributed by atoms with Gasteiger partial charge in [0.2, 0.25) is 0 Å². The van der Waals surface area contributed by atoms with Crippen molar-refractivity contribution in [3.63, 3.8) is 0 Å². The molecule has 0 unspecified atom stereocenters. The molecule has 0 bridgehead atoms. The average molecular weight is 275 g/mol. The van der Waals surface area contributed by atoms with Crippen LogP contribution in [0.2, 0.25) is 0 Å². The van der Waals surface area contributed by atoms with Crippen molar-refractivity contribution < 1.29 is 9.53 Å². The van der Waals surface area contributed by atoms with Gasteiger partial charge in [0.05, 0.1) is 6.61 Å². The molecule has 0 saturated heterocycles. The molecule has 110 valence electrons. The summed E-state index contributed by atoms with van der Waals surface area (Å²) in [6.07, 6.45) is 3.49. The molecule has 0 spiro atoms. The van der Waals surface area contributed by atoms with Gasteiger partial charge >= 0.3 is 0 Å². The molecule has 0 fully saturated rings. The van der Waals surface area contributed by atoms with Gasteiger partial charge in [0.15, 0.2) is 5.78 Å². The van der Waals surface area contributed by atoms with Crippen LogP contribution in [0.3, 0.4) is 0 Å². The fourth-order valence-electron chi connectivity index (χ4n) is 1.90. The summed E-state index contributed by atoms with van der Waals surface area (Å²) in [6, 6.07) is 6.09. The minimum Gasteiger partial charge on any atom is -0.493 e. The number of ketones is 1. The minimum absolute atomic E-state index is 0.0722. The minimum atomic E-state index is 0.0722. The SMILES string of the molecule is C=CCc1cc(C(C)=O)ccc1OCCCNC(C)C. The van der Waals surface area contributed by atoms with Gasteiger partial charge in [-0.15, -0.1) is 6.58 Å². The number of ether oxygens (including phenoxy) is 1. The summed E-state index contributed by atoms with van der Waals surface area (Å²) in [4.78, 5) is 11.4. The van der Waals surface area contributed by atoms with Crippen LogP contribution in [0, 0.1) is 0 Å². The Hall–Kier alpha value is -1.61. The fourth-order valence-corrected chi connectivity index (χ4v) is 1.90. The van der Waals surface area contributed by atoms with E-state index in [0.717, 1.165) is 29.8 Å². The monoisotopic (exact) mass is 275 g/mol. The first-order valence-electron chi connectivity index (χ1n) is 7.15. The smallest absolute Gasteiger partial charge is 0.159 e. The molecule has 0 aliphatic carbocycles. The number of nitrogens with one attached hydrogen (secondary N) is 1. The normalized spacial score (nSPS) is 10.6. The lowest BCUT2D eigenvalue weighted by Crippen LogP contribution is -2.24. The first-order chi connectivity index (χ1) is 9.54. The molecule has 1 N–H and O–H groups in total. The van der Waals surface area contributed by atoms with E-state index in [-0.39, 0.29) is 5.78 Å². The van der Waals surface area contributed by atoms with Gasteiger partial charge in [0.1, 0.15) is 5.75 Å². The highest BCUT2D eigenvalue weighted by molar-refractivity contribution is 5.94. The molecule has 0 atom stereocenters. The van der Waals surface area contributed by atoms with Crippen molar-refractivity contribution >= 4 is 5.78 Å². The van der Waals surface area contributed by atoms with Gasteiger partial charge in [-0.3, -0.25) is 4.79 Å². The van der Waals surface area contributed by atoms with Gasteiger partial charge in [-0.2, -0.15) is 0 Å². The van der Waals surface area contributed by atoms with E-state index >= 15 is 0 Å². The number of carbonyl (C=O) groups excluding carboxylic acids is 1. The van der Waals surface area contributed by atoms with Crippen LogP contribution in [0.4, 0.5) is 0 Å². The molecule has 0 aliphatic rings. The van der Waals surface area contributed by atoms with E-state index < -0.39 is 0 Å². The highest BCUT2D eigenvalue weighted by Crippen LogP contribution is 2.21. The Kier molecular flexibility index (Phi) is 7.02. The average Bonchev–Trinajstić information content (AvgIpc) is 2.39. The van der Waals surface area contributed by atoms with E-state index in [9.17, 15) is 4.79 Å². The standard InChI is InChI=1S/C17H25NO2/c1-5-7-16-12-15(14(4)19)8-9-17(16)20-11-6-10-18-13(2)3/h5,8-9,12-13,18H,1,6-7,10-11H2,2-4H3. The molecule has 1 rings (SSSR count). The second kappa shape index (κ2) is 8.54. The maximum Gasteiger partial charge on any atom is 0.159 e. The van der Waals surface area contributed by atoms with Crippen LogP contribution >= 0.6 is 0 Å². The summed E-state index contributed by atoms with van der Waals surface area (Å²) in [5.41, 5.74) is 1.74. The quantitative estimate of drug-likeness (QED) is 0.426. The molecule has 0 amide bonds. The molecular weight excluding hydrogens is 250 g/mol. The zero-order valence-electron chi connectivity index (χ0n) is 12.7. The van der Waals surface area contributed by atoms with Crippen LogP contribution in [0.1, 0.15) is 43.1 Å². The van der Waals surface area contributed by atoms with Crippen molar-refractivity contribution in [2.24, 2.45) is 0 Å². The van der Waals surface area contributed by atoms with Crippen molar-refractivity contribution in [3.8, 4) is 5.75 Å². The predicted octanol–water partition coefficient (Wildman–Crippen LogP) is 3.38. The highest BCUT2D eigenvalue weighted by atomic mass is 16.5. The van der Waals surface area contributed by atoms with Crippen LogP contribution < -0.4 is 10.1 Å². The van der Waals surface area contributed by atoms with Gasteiger partial charge in [0, 0.05) is 11.6 Å². The largest absolute Gasteiger partial charge is 0.493 e. The second-order valence-electron chi connectivity index (χ2n) is 5.18. The number of hydrogen-bond acceptors (Lipinski definition) is 3. The molecule has 1 aromatic rings. The van der Waals surface area contributed by atoms with Crippen LogP contribution in [0.15, 0.2) is 30.9 Å². The molecule has 0 saturated carbocycles. The topological polar surface area (TPSA) is 38.3 Å². The van der Waals surface area contributed by atoms with E-state index in [4.69, 9.17) is 4.74 Å². The molecule has 0 aliphatic heterocycles. The molecule has 1 aromatic carbocycles. The molecule has 0 heterocycles. The van der Waals surface area contributed by atoms with Crippen LogP contribution in [-0.4, -0.2) is 25.0 Å². The summed E-state index contributed by atoms with van der Waals surface area (Å²) in [5.74, 6) is 0.919. The first kappa shape index (κ1) is 16.4. The lowest BCUT2D eigenvalue weighted by Gasteiger charge is -2.12. The number of allylic oxidation sites excluding steroid dienone is 1. The third-order valence-corrected chi connectivity index (χ3v) is 2.96. The number of rotatable bonds is 9. The Morgan fingerprint density at radius 1 is 1.45 bits per heavy atom. The van der Waals surface area contributed by atoms with Crippen molar-refractivity contribution in [1.29, 1.82) is 0 Å². The van der Waals surface area contributed by atoms with Crippen molar-refractivity contribution in [2.75, 3.05) is 13.2 Å². The first-order valence-corrected chi connectivity index (χ1v) is 7.15. The molecular formula is C17H25NO2. The molecule has 0 radical (unpaired) electrons. The van der Waals surface area contributed by atoms with Gasteiger partial charge in [-0.1, -0.05) is 19.9 Å². The van der Waals surface area contributed by atoms with E-state index in [2.05, 4.69) is 25.7 Å². The Morgan fingerprint density at radius 3 is 2.80 bits per heavy atom. The molecule has 0 aromatic heterocycles. The van der Waals surface area contributed by atoms with E-state index in [1.54, 1.807) is 6.92 Å². The number of hydrogen-bond donors (Lipinski definition) is 1. The maximum atomic E-state index is 11.4. The Bertz CT molecular complexity index is 452. The number of carbonyl (C=O) groups is 1. The predicted molar refractivity (Wildman–Crippen MR) is 83.6 cm³/mol. The highest BCUT2D eigenvalue weighted by Gasteiger charge is 2.07. The zero-order chi connectivity index (χ0) is 15.0. The zero-order valence-corrected chi connectivity index (χ0v) is 12.7. The molecule has 3 heteroatoms. The summed E-state index contributed by atoms with van der Waals surface area (Å²) in [7, 11) is 0.